The molecule has 0 aromatic carbocycles. The fourth-order valence-corrected chi connectivity index (χ4v) is 3.72. The van der Waals surface area contributed by atoms with Crippen molar-refractivity contribution in [2.45, 2.75) is 65.0 Å². The molecule has 1 heterocycles. The Hall–Kier alpha value is -0.0800. The lowest BCUT2D eigenvalue weighted by molar-refractivity contribution is 0.113. The van der Waals surface area contributed by atoms with E-state index >= 15 is 0 Å². The minimum Gasteiger partial charge on any atom is -0.326 e. The minimum absolute atomic E-state index is 0.431. The molecule has 0 aromatic heterocycles. The standard InChI is InChI=1S/C15H30N2/c1-4-12-7-8-17(10-12)15-9-13(11(2)3)5-6-14(15)16/h11-15H,4-10,16H2,1-3H3. The number of nitrogens with two attached hydrogens (primary N) is 1. The number of likely N-dealkylation sites (tertiary alicyclic amines) is 1. The van der Waals surface area contributed by atoms with Gasteiger partial charge < -0.3 is 5.73 Å². The fourth-order valence-electron chi connectivity index (χ4n) is 3.72. The van der Waals surface area contributed by atoms with E-state index in [1.807, 2.05) is 0 Å². The minimum atomic E-state index is 0.431. The van der Waals surface area contributed by atoms with Gasteiger partial charge in [-0.25, -0.2) is 0 Å². The van der Waals surface area contributed by atoms with Crippen molar-refractivity contribution in [3.63, 3.8) is 0 Å². The predicted molar refractivity (Wildman–Crippen MR) is 73.9 cm³/mol. The highest BCUT2D eigenvalue weighted by Crippen LogP contribution is 2.34. The van der Waals surface area contributed by atoms with Crippen LogP contribution in [0.4, 0.5) is 0 Å². The number of nitrogens with zero attached hydrogens (tertiary/aromatic N) is 1. The van der Waals surface area contributed by atoms with Gasteiger partial charge in [0.2, 0.25) is 0 Å². The maximum Gasteiger partial charge on any atom is 0.0250 e. The lowest BCUT2D eigenvalue weighted by Gasteiger charge is -2.41. The van der Waals surface area contributed by atoms with Crippen molar-refractivity contribution >= 4 is 0 Å². The van der Waals surface area contributed by atoms with Crippen molar-refractivity contribution in [3.8, 4) is 0 Å². The molecule has 0 spiro atoms. The summed E-state index contributed by atoms with van der Waals surface area (Å²) in [5, 5.41) is 0. The largest absolute Gasteiger partial charge is 0.326 e. The van der Waals surface area contributed by atoms with Crippen molar-refractivity contribution in [2.75, 3.05) is 13.1 Å². The molecule has 1 aliphatic carbocycles. The Bertz CT molecular complexity index is 239. The van der Waals surface area contributed by atoms with E-state index in [0.29, 0.717) is 12.1 Å². The molecule has 4 atom stereocenters. The molecule has 1 aliphatic heterocycles. The zero-order valence-electron chi connectivity index (χ0n) is 11.9. The Labute approximate surface area is 107 Å². The maximum absolute atomic E-state index is 6.37. The Morgan fingerprint density at radius 1 is 1.24 bits per heavy atom. The Balaban J connectivity index is 1.94. The van der Waals surface area contributed by atoms with Crippen LogP contribution < -0.4 is 5.73 Å². The number of hydrogen-bond acceptors (Lipinski definition) is 2. The van der Waals surface area contributed by atoms with Crippen LogP contribution >= 0.6 is 0 Å². The zero-order chi connectivity index (χ0) is 12.4. The molecule has 2 heteroatoms. The first-order chi connectivity index (χ1) is 8.11. The van der Waals surface area contributed by atoms with Crippen LogP contribution in [0, 0.1) is 17.8 Å². The molecule has 2 N–H and O–H groups in total. The van der Waals surface area contributed by atoms with E-state index in [2.05, 4.69) is 25.7 Å². The van der Waals surface area contributed by atoms with Gasteiger partial charge in [-0.3, -0.25) is 4.90 Å². The van der Waals surface area contributed by atoms with Crippen LogP contribution in [-0.4, -0.2) is 30.1 Å². The lowest BCUT2D eigenvalue weighted by atomic mass is 9.76. The molecule has 0 aromatic rings. The molecule has 17 heavy (non-hydrogen) atoms. The second-order valence-corrected chi connectivity index (χ2v) is 6.61. The molecule has 0 bridgehead atoms. The zero-order valence-corrected chi connectivity index (χ0v) is 11.9. The Kier molecular flexibility index (Phi) is 4.48. The monoisotopic (exact) mass is 238 g/mol. The molecule has 2 aliphatic rings. The molecule has 1 saturated carbocycles. The molecule has 4 unspecified atom stereocenters. The molecule has 2 fully saturated rings. The first kappa shape index (κ1) is 13.4. The van der Waals surface area contributed by atoms with Gasteiger partial charge >= 0.3 is 0 Å². The molecule has 100 valence electrons. The molecule has 0 amide bonds. The highest BCUT2D eigenvalue weighted by Gasteiger charge is 2.36. The summed E-state index contributed by atoms with van der Waals surface area (Å²) in [6.07, 6.45) is 6.66. The van der Waals surface area contributed by atoms with Gasteiger partial charge in [-0.1, -0.05) is 27.2 Å². The van der Waals surface area contributed by atoms with Crippen molar-refractivity contribution < 1.29 is 0 Å². The summed E-state index contributed by atoms with van der Waals surface area (Å²) in [7, 11) is 0. The Morgan fingerprint density at radius 2 is 2.00 bits per heavy atom. The quantitative estimate of drug-likeness (QED) is 0.819. The third-order valence-corrected chi connectivity index (χ3v) is 5.22. The van der Waals surface area contributed by atoms with E-state index in [0.717, 1.165) is 17.8 Å². The molecular formula is C15H30N2. The Morgan fingerprint density at radius 3 is 2.59 bits per heavy atom. The van der Waals surface area contributed by atoms with Crippen molar-refractivity contribution in [2.24, 2.45) is 23.5 Å². The average molecular weight is 238 g/mol. The normalized spacial score (nSPS) is 40.1. The van der Waals surface area contributed by atoms with E-state index in [9.17, 15) is 0 Å². The van der Waals surface area contributed by atoms with Crippen molar-refractivity contribution in [1.29, 1.82) is 0 Å². The summed E-state index contributed by atoms with van der Waals surface area (Å²) in [6, 6.07) is 1.10. The molecule has 2 rings (SSSR count). The highest BCUT2D eigenvalue weighted by molar-refractivity contribution is 4.92. The van der Waals surface area contributed by atoms with Gasteiger partial charge in [0.1, 0.15) is 0 Å². The molecular weight excluding hydrogens is 208 g/mol. The number of rotatable bonds is 3. The summed E-state index contributed by atoms with van der Waals surface area (Å²) in [6.45, 7) is 9.67. The van der Waals surface area contributed by atoms with Crippen LogP contribution in [0.25, 0.3) is 0 Å². The van der Waals surface area contributed by atoms with Crippen molar-refractivity contribution in [3.05, 3.63) is 0 Å². The van der Waals surface area contributed by atoms with Gasteiger partial charge in [-0.2, -0.15) is 0 Å². The molecule has 0 radical (unpaired) electrons. The maximum atomic E-state index is 6.37. The van der Waals surface area contributed by atoms with Gasteiger partial charge in [0.05, 0.1) is 0 Å². The smallest absolute Gasteiger partial charge is 0.0250 e. The van der Waals surface area contributed by atoms with Gasteiger partial charge in [0.25, 0.3) is 0 Å². The summed E-state index contributed by atoms with van der Waals surface area (Å²) >= 11 is 0. The van der Waals surface area contributed by atoms with Crippen molar-refractivity contribution in [1.82, 2.24) is 4.90 Å². The lowest BCUT2D eigenvalue weighted by Crippen LogP contribution is -2.51. The van der Waals surface area contributed by atoms with Gasteiger partial charge in [0, 0.05) is 18.6 Å². The molecule has 2 nitrogen and oxygen atoms in total. The third-order valence-electron chi connectivity index (χ3n) is 5.22. The van der Waals surface area contributed by atoms with Crippen LogP contribution in [0.2, 0.25) is 0 Å². The topological polar surface area (TPSA) is 29.3 Å². The second-order valence-electron chi connectivity index (χ2n) is 6.61. The summed E-state index contributed by atoms with van der Waals surface area (Å²) < 4.78 is 0. The predicted octanol–water partition coefficient (Wildman–Crippen LogP) is 2.87. The summed E-state index contributed by atoms with van der Waals surface area (Å²) in [5.41, 5.74) is 6.37. The first-order valence-electron chi connectivity index (χ1n) is 7.61. The van der Waals surface area contributed by atoms with Crippen LogP contribution in [0.15, 0.2) is 0 Å². The average Bonchev–Trinajstić information content (AvgIpc) is 2.77. The second kappa shape index (κ2) is 5.71. The summed E-state index contributed by atoms with van der Waals surface area (Å²) in [4.78, 5) is 2.70. The van der Waals surface area contributed by atoms with Gasteiger partial charge in [0.15, 0.2) is 0 Å². The van der Waals surface area contributed by atoms with Crippen LogP contribution in [0.5, 0.6) is 0 Å². The van der Waals surface area contributed by atoms with Crippen LogP contribution in [-0.2, 0) is 0 Å². The number of hydrogen-bond donors (Lipinski definition) is 1. The SMILES string of the molecule is CCC1CCN(C2CC(C(C)C)CCC2N)C1. The highest BCUT2D eigenvalue weighted by atomic mass is 15.2. The van der Waals surface area contributed by atoms with Gasteiger partial charge in [-0.05, 0) is 50.0 Å². The van der Waals surface area contributed by atoms with Crippen LogP contribution in [0.1, 0.15) is 52.9 Å². The molecule has 1 saturated heterocycles. The first-order valence-corrected chi connectivity index (χ1v) is 7.61. The third kappa shape index (κ3) is 3.03. The summed E-state index contributed by atoms with van der Waals surface area (Å²) in [5.74, 6) is 2.66. The van der Waals surface area contributed by atoms with E-state index in [4.69, 9.17) is 5.73 Å². The van der Waals surface area contributed by atoms with E-state index in [1.165, 1.54) is 45.2 Å². The van der Waals surface area contributed by atoms with Crippen LogP contribution in [0.3, 0.4) is 0 Å². The van der Waals surface area contributed by atoms with E-state index in [1.54, 1.807) is 0 Å². The van der Waals surface area contributed by atoms with E-state index in [-0.39, 0.29) is 0 Å². The van der Waals surface area contributed by atoms with E-state index < -0.39 is 0 Å². The fraction of sp³-hybridized carbons (Fsp3) is 1.00. The van der Waals surface area contributed by atoms with Gasteiger partial charge in [-0.15, -0.1) is 0 Å².